The maximum Gasteiger partial charge on any atom is 0.133 e. The van der Waals surface area contributed by atoms with Crippen molar-refractivity contribution in [3.8, 4) is 5.75 Å². The average Bonchev–Trinajstić information content (AvgIpc) is 2.62. The smallest absolute Gasteiger partial charge is 0.133 e. The SMILES string of the molecule is Cc1nn(C)c(Cl)c1COc1ccc(Br)cc1[C@H](C)O. The Labute approximate surface area is 131 Å². The summed E-state index contributed by atoms with van der Waals surface area (Å²) in [4.78, 5) is 0. The number of aromatic nitrogens is 2. The maximum absolute atomic E-state index is 9.80. The molecular weight excluding hydrogens is 344 g/mol. The highest BCUT2D eigenvalue weighted by molar-refractivity contribution is 9.10. The molecule has 20 heavy (non-hydrogen) atoms. The fourth-order valence-electron chi connectivity index (χ4n) is 1.97. The number of benzene rings is 1. The highest BCUT2D eigenvalue weighted by atomic mass is 79.9. The Morgan fingerprint density at radius 3 is 2.75 bits per heavy atom. The van der Waals surface area contributed by atoms with Gasteiger partial charge in [0.2, 0.25) is 0 Å². The van der Waals surface area contributed by atoms with Gasteiger partial charge in [-0.1, -0.05) is 27.5 Å². The molecule has 0 aliphatic carbocycles. The summed E-state index contributed by atoms with van der Waals surface area (Å²) >= 11 is 9.56. The zero-order valence-corrected chi connectivity index (χ0v) is 13.9. The van der Waals surface area contributed by atoms with Gasteiger partial charge >= 0.3 is 0 Å². The quantitative estimate of drug-likeness (QED) is 0.904. The Kier molecular flexibility index (Phi) is 4.73. The lowest BCUT2D eigenvalue weighted by atomic mass is 10.1. The van der Waals surface area contributed by atoms with Crippen molar-refractivity contribution in [1.82, 2.24) is 9.78 Å². The molecule has 1 atom stereocenters. The van der Waals surface area contributed by atoms with Crippen molar-refractivity contribution in [3.05, 3.63) is 44.6 Å². The molecule has 1 aromatic heterocycles. The molecule has 0 saturated carbocycles. The van der Waals surface area contributed by atoms with Gasteiger partial charge in [0.05, 0.1) is 11.8 Å². The monoisotopic (exact) mass is 358 g/mol. The van der Waals surface area contributed by atoms with Gasteiger partial charge in [-0.2, -0.15) is 5.10 Å². The molecule has 108 valence electrons. The molecule has 0 radical (unpaired) electrons. The Morgan fingerprint density at radius 2 is 2.20 bits per heavy atom. The van der Waals surface area contributed by atoms with Gasteiger partial charge in [-0.05, 0) is 32.0 Å². The van der Waals surface area contributed by atoms with E-state index in [0.717, 1.165) is 21.3 Å². The van der Waals surface area contributed by atoms with E-state index in [4.69, 9.17) is 16.3 Å². The molecule has 2 aromatic rings. The molecule has 6 heteroatoms. The summed E-state index contributed by atoms with van der Waals surface area (Å²) in [7, 11) is 1.79. The van der Waals surface area contributed by atoms with Gasteiger partial charge in [0.1, 0.15) is 17.5 Å². The fraction of sp³-hybridized carbons (Fsp3) is 0.357. The van der Waals surface area contributed by atoms with Gasteiger partial charge in [0.25, 0.3) is 0 Å². The van der Waals surface area contributed by atoms with E-state index in [0.29, 0.717) is 17.5 Å². The topological polar surface area (TPSA) is 47.3 Å². The maximum atomic E-state index is 9.80. The van der Waals surface area contributed by atoms with E-state index in [1.54, 1.807) is 18.7 Å². The van der Waals surface area contributed by atoms with E-state index in [9.17, 15) is 5.11 Å². The summed E-state index contributed by atoms with van der Waals surface area (Å²) in [5.74, 6) is 0.641. The predicted octanol–water partition coefficient (Wildman–Crippen LogP) is 3.78. The zero-order valence-electron chi connectivity index (χ0n) is 11.5. The Morgan fingerprint density at radius 1 is 1.50 bits per heavy atom. The number of ether oxygens (including phenoxy) is 1. The van der Waals surface area contributed by atoms with E-state index in [1.807, 2.05) is 25.1 Å². The van der Waals surface area contributed by atoms with Gasteiger partial charge in [-0.3, -0.25) is 4.68 Å². The van der Waals surface area contributed by atoms with E-state index in [2.05, 4.69) is 21.0 Å². The summed E-state index contributed by atoms with van der Waals surface area (Å²) in [5, 5.41) is 14.6. The fourth-order valence-corrected chi connectivity index (χ4v) is 2.57. The minimum Gasteiger partial charge on any atom is -0.488 e. The van der Waals surface area contributed by atoms with E-state index < -0.39 is 6.10 Å². The summed E-state index contributed by atoms with van der Waals surface area (Å²) in [5.41, 5.74) is 2.43. The second-order valence-corrected chi connectivity index (χ2v) is 5.90. The Bertz CT molecular complexity index is 626. The molecule has 0 unspecified atom stereocenters. The number of aryl methyl sites for hydroxylation is 2. The largest absolute Gasteiger partial charge is 0.488 e. The number of hydrogen-bond donors (Lipinski definition) is 1. The van der Waals surface area contributed by atoms with Crippen molar-refractivity contribution in [2.24, 2.45) is 7.05 Å². The minimum absolute atomic E-state index is 0.319. The lowest BCUT2D eigenvalue weighted by Gasteiger charge is -2.14. The summed E-state index contributed by atoms with van der Waals surface area (Å²) in [6.07, 6.45) is -0.604. The van der Waals surface area contributed by atoms with Crippen LogP contribution in [0, 0.1) is 6.92 Å². The lowest BCUT2D eigenvalue weighted by Crippen LogP contribution is -2.02. The number of rotatable bonds is 4. The third kappa shape index (κ3) is 3.16. The van der Waals surface area contributed by atoms with Crippen LogP contribution in [0.2, 0.25) is 5.15 Å². The minimum atomic E-state index is -0.604. The predicted molar refractivity (Wildman–Crippen MR) is 82.1 cm³/mol. The third-order valence-electron chi connectivity index (χ3n) is 3.06. The van der Waals surface area contributed by atoms with Crippen LogP contribution in [0.4, 0.5) is 0 Å². The van der Waals surface area contributed by atoms with Crippen LogP contribution < -0.4 is 4.74 Å². The second-order valence-electron chi connectivity index (χ2n) is 4.63. The normalized spacial score (nSPS) is 12.5. The lowest BCUT2D eigenvalue weighted by molar-refractivity contribution is 0.190. The van der Waals surface area contributed by atoms with Crippen LogP contribution >= 0.6 is 27.5 Å². The van der Waals surface area contributed by atoms with Gasteiger partial charge < -0.3 is 9.84 Å². The number of aliphatic hydroxyl groups excluding tert-OH is 1. The van der Waals surface area contributed by atoms with Crippen LogP contribution in [-0.4, -0.2) is 14.9 Å². The van der Waals surface area contributed by atoms with Crippen molar-refractivity contribution in [3.63, 3.8) is 0 Å². The van der Waals surface area contributed by atoms with E-state index >= 15 is 0 Å². The third-order valence-corrected chi connectivity index (χ3v) is 4.03. The first-order chi connectivity index (χ1) is 9.40. The molecule has 1 N–H and O–H groups in total. The van der Waals surface area contributed by atoms with Crippen LogP contribution in [-0.2, 0) is 13.7 Å². The van der Waals surface area contributed by atoms with Crippen LogP contribution in [0.15, 0.2) is 22.7 Å². The van der Waals surface area contributed by atoms with Crippen LogP contribution in [0.1, 0.15) is 29.8 Å². The van der Waals surface area contributed by atoms with Crippen molar-refractivity contribution in [2.45, 2.75) is 26.6 Å². The molecule has 0 saturated heterocycles. The molecular formula is C14H16BrClN2O2. The summed E-state index contributed by atoms with van der Waals surface area (Å²) in [6.45, 7) is 3.92. The standard InChI is InChI=1S/C14H16BrClN2O2/c1-8-12(14(16)18(3)17-8)7-20-13-5-4-10(15)6-11(13)9(2)19/h4-6,9,19H,7H2,1-3H3/t9-/m0/s1. The molecule has 0 fully saturated rings. The summed E-state index contributed by atoms with van der Waals surface area (Å²) in [6, 6.07) is 5.54. The molecule has 1 aromatic carbocycles. The van der Waals surface area contributed by atoms with E-state index in [1.165, 1.54) is 0 Å². The summed E-state index contributed by atoms with van der Waals surface area (Å²) < 4.78 is 8.31. The van der Waals surface area contributed by atoms with Crippen molar-refractivity contribution >= 4 is 27.5 Å². The van der Waals surface area contributed by atoms with Crippen molar-refractivity contribution < 1.29 is 9.84 Å². The second kappa shape index (κ2) is 6.16. The highest BCUT2D eigenvalue weighted by Gasteiger charge is 2.14. The highest BCUT2D eigenvalue weighted by Crippen LogP contribution is 2.30. The number of hydrogen-bond acceptors (Lipinski definition) is 3. The van der Waals surface area contributed by atoms with Crippen LogP contribution in [0.25, 0.3) is 0 Å². The first-order valence-corrected chi connectivity index (χ1v) is 7.35. The zero-order chi connectivity index (χ0) is 14.9. The van der Waals surface area contributed by atoms with Gasteiger partial charge in [0.15, 0.2) is 0 Å². The Balaban J connectivity index is 2.23. The number of halogens is 2. The molecule has 1 heterocycles. The molecule has 4 nitrogen and oxygen atoms in total. The van der Waals surface area contributed by atoms with Crippen molar-refractivity contribution in [1.29, 1.82) is 0 Å². The molecule has 0 amide bonds. The molecule has 0 aliphatic rings. The van der Waals surface area contributed by atoms with Gasteiger partial charge in [0, 0.05) is 22.6 Å². The molecule has 0 spiro atoms. The van der Waals surface area contributed by atoms with E-state index in [-0.39, 0.29) is 0 Å². The molecule has 2 rings (SSSR count). The van der Waals surface area contributed by atoms with Crippen molar-refractivity contribution in [2.75, 3.05) is 0 Å². The first kappa shape index (κ1) is 15.4. The number of nitrogens with zero attached hydrogens (tertiary/aromatic N) is 2. The van der Waals surface area contributed by atoms with Crippen LogP contribution in [0.5, 0.6) is 5.75 Å². The number of aliphatic hydroxyl groups is 1. The van der Waals surface area contributed by atoms with Gasteiger partial charge in [-0.25, -0.2) is 0 Å². The molecule has 0 aliphatic heterocycles. The van der Waals surface area contributed by atoms with Crippen LogP contribution in [0.3, 0.4) is 0 Å². The molecule has 0 bridgehead atoms. The Hall–Kier alpha value is -1.04. The van der Waals surface area contributed by atoms with Gasteiger partial charge in [-0.15, -0.1) is 0 Å². The average molecular weight is 360 g/mol. The first-order valence-electron chi connectivity index (χ1n) is 6.18.